The maximum absolute atomic E-state index is 4.16. The highest BCUT2D eigenvalue weighted by atomic mass is 15.5. The number of nitrogens with one attached hydrogen (secondary N) is 2. The zero-order chi connectivity index (χ0) is 10.6. The van der Waals surface area contributed by atoms with Crippen molar-refractivity contribution in [3.8, 4) is 0 Å². The number of hydrogen-bond donors (Lipinski definition) is 2. The predicted octanol–water partition coefficient (Wildman–Crippen LogP) is 1.11. The Bertz CT molecular complexity index is 297. The molecule has 0 aliphatic rings. The van der Waals surface area contributed by atoms with E-state index in [1.165, 1.54) is 0 Å². The van der Waals surface area contributed by atoms with Crippen molar-refractivity contribution in [2.75, 3.05) is 31.4 Å². The van der Waals surface area contributed by atoms with E-state index in [4.69, 9.17) is 0 Å². The van der Waals surface area contributed by atoms with Crippen molar-refractivity contribution in [1.82, 2.24) is 15.0 Å². The summed E-state index contributed by atoms with van der Waals surface area (Å²) in [6.45, 7) is 4.89. The van der Waals surface area contributed by atoms with Crippen LogP contribution in [0.15, 0.2) is 6.33 Å². The van der Waals surface area contributed by atoms with Gasteiger partial charge in [0.05, 0.1) is 0 Å². The third-order valence-electron chi connectivity index (χ3n) is 1.76. The lowest BCUT2D eigenvalue weighted by Gasteiger charge is -2.15. The van der Waals surface area contributed by atoms with Crippen LogP contribution in [0.2, 0.25) is 0 Å². The summed E-state index contributed by atoms with van der Waals surface area (Å²) in [5.74, 6) is 1.72. The average molecular weight is 195 g/mol. The molecule has 1 rings (SSSR count). The lowest BCUT2D eigenvalue weighted by atomic mass is 10.3. The van der Waals surface area contributed by atoms with Crippen LogP contribution in [0.5, 0.6) is 0 Å². The number of aromatic nitrogens is 2. The van der Waals surface area contributed by atoms with E-state index in [2.05, 4.69) is 20.7 Å². The largest absolute Gasteiger partial charge is 0.370 e. The first-order valence-corrected chi connectivity index (χ1v) is 4.64. The maximum atomic E-state index is 4.16. The fraction of sp³-hybridized carbons (Fsp3) is 0.556. The molecule has 5 nitrogen and oxygen atoms in total. The summed E-state index contributed by atoms with van der Waals surface area (Å²) in [5, 5.41) is 5.03. The molecule has 14 heavy (non-hydrogen) atoms. The monoisotopic (exact) mass is 195 g/mol. The molecule has 5 heteroatoms. The van der Waals surface area contributed by atoms with Crippen molar-refractivity contribution in [3.63, 3.8) is 0 Å². The third kappa shape index (κ3) is 2.56. The van der Waals surface area contributed by atoms with Gasteiger partial charge in [0.1, 0.15) is 18.0 Å². The lowest BCUT2D eigenvalue weighted by molar-refractivity contribution is 0.491. The number of nitrogens with zero attached hydrogens (tertiary/aromatic N) is 3. The highest BCUT2D eigenvalue weighted by Crippen LogP contribution is 2.17. The molecule has 2 N–H and O–H groups in total. The Morgan fingerprint density at radius 3 is 2.50 bits per heavy atom. The molecule has 1 aromatic heterocycles. The van der Waals surface area contributed by atoms with Crippen molar-refractivity contribution < 1.29 is 0 Å². The van der Waals surface area contributed by atoms with Crippen LogP contribution in [0.25, 0.3) is 0 Å². The van der Waals surface area contributed by atoms with E-state index in [1.807, 2.05) is 33.0 Å². The molecule has 0 aliphatic heterocycles. The van der Waals surface area contributed by atoms with Crippen LogP contribution in [-0.4, -0.2) is 35.6 Å². The molecule has 0 unspecified atom stereocenters. The number of hydrogen-bond acceptors (Lipinski definition) is 5. The molecule has 0 radical (unpaired) electrons. The quantitative estimate of drug-likeness (QED) is 0.705. The number of anilines is 2. The summed E-state index contributed by atoms with van der Waals surface area (Å²) < 4.78 is 0. The summed E-state index contributed by atoms with van der Waals surface area (Å²) in [4.78, 5) is 8.31. The first-order valence-electron chi connectivity index (χ1n) is 4.64. The molecule has 0 amide bonds. The van der Waals surface area contributed by atoms with Crippen molar-refractivity contribution in [2.24, 2.45) is 0 Å². The first-order chi connectivity index (χ1) is 6.65. The van der Waals surface area contributed by atoms with Crippen molar-refractivity contribution in [3.05, 3.63) is 11.9 Å². The molecular formula is C9H17N5. The maximum Gasteiger partial charge on any atom is 0.148 e. The molecule has 0 aromatic carbocycles. The van der Waals surface area contributed by atoms with E-state index in [0.717, 1.165) is 23.7 Å². The Balaban J connectivity index is 2.89. The van der Waals surface area contributed by atoms with Gasteiger partial charge in [-0.25, -0.2) is 15.0 Å². The Kier molecular flexibility index (Phi) is 3.64. The second-order valence-electron chi connectivity index (χ2n) is 3.23. The number of rotatable bonds is 4. The minimum atomic E-state index is 0.834. The molecule has 0 fully saturated rings. The Hall–Kier alpha value is -1.36. The second kappa shape index (κ2) is 4.76. The topological polar surface area (TPSA) is 53.1 Å². The molecule has 0 saturated heterocycles. The van der Waals surface area contributed by atoms with Gasteiger partial charge in [-0.05, 0) is 13.8 Å². The Morgan fingerprint density at radius 1 is 1.29 bits per heavy atom. The Labute approximate surface area is 84.5 Å². The van der Waals surface area contributed by atoms with Gasteiger partial charge < -0.3 is 10.7 Å². The number of hydrazine groups is 1. The zero-order valence-electron chi connectivity index (χ0n) is 9.13. The minimum Gasteiger partial charge on any atom is -0.370 e. The van der Waals surface area contributed by atoms with Gasteiger partial charge in [0.2, 0.25) is 0 Å². The molecular weight excluding hydrogens is 178 g/mol. The van der Waals surface area contributed by atoms with Crippen LogP contribution in [-0.2, 0) is 0 Å². The van der Waals surface area contributed by atoms with E-state index < -0.39 is 0 Å². The second-order valence-corrected chi connectivity index (χ2v) is 3.23. The molecule has 78 valence electrons. The van der Waals surface area contributed by atoms with Crippen LogP contribution >= 0.6 is 0 Å². The third-order valence-corrected chi connectivity index (χ3v) is 1.76. The fourth-order valence-corrected chi connectivity index (χ4v) is 1.12. The minimum absolute atomic E-state index is 0.834. The molecule has 0 spiro atoms. The van der Waals surface area contributed by atoms with Gasteiger partial charge in [0.15, 0.2) is 0 Å². The van der Waals surface area contributed by atoms with Gasteiger partial charge in [-0.2, -0.15) is 0 Å². The van der Waals surface area contributed by atoms with E-state index in [9.17, 15) is 0 Å². The van der Waals surface area contributed by atoms with E-state index in [1.54, 1.807) is 6.33 Å². The van der Waals surface area contributed by atoms with Crippen LogP contribution in [0, 0.1) is 6.92 Å². The first kappa shape index (κ1) is 10.7. The smallest absolute Gasteiger partial charge is 0.148 e. The molecule has 1 heterocycles. The van der Waals surface area contributed by atoms with Gasteiger partial charge in [0.25, 0.3) is 0 Å². The zero-order valence-corrected chi connectivity index (χ0v) is 9.13. The predicted molar refractivity (Wildman–Crippen MR) is 58.2 cm³/mol. The highest BCUT2D eigenvalue weighted by Gasteiger charge is 2.05. The fourth-order valence-electron chi connectivity index (χ4n) is 1.12. The molecule has 0 aliphatic carbocycles. The summed E-state index contributed by atoms with van der Waals surface area (Å²) in [5.41, 5.74) is 4.14. The molecule has 0 atom stereocenters. The SMILES string of the molecule is CCNc1ncnc(NN(C)C)c1C. The highest BCUT2D eigenvalue weighted by molar-refractivity contribution is 5.55. The van der Waals surface area contributed by atoms with E-state index in [-0.39, 0.29) is 0 Å². The molecule has 0 bridgehead atoms. The normalized spacial score (nSPS) is 10.4. The summed E-state index contributed by atoms with van der Waals surface area (Å²) in [6.07, 6.45) is 1.55. The van der Waals surface area contributed by atoms with Crippen LogP contribution in [0.4, 0.5) is 11.6 Å². The van der Waals surface area contributed by atoms with Crippen molar-refractivity contribution in [1.29, 1.82) is 0 Å². The van der Waals surface area contributed by atoms with E-state index in [0.29, 0.717) is 0 Å². The summed E-state index contributed by atoms with van der Waals surface area (Å²) >= 11 is 0. The van der Waals surface area contributed by atoms with Crippen molar-refractivity contribution >= 4 is 11.6 Å². The molecule has 0 saturated carbocycles. The molecule has 1 aromatic rings. The Morgan fingerprint density at radius 2 is 1.93 bits per heavy atom. The van der Waals surface area contributed by atoms with E-state index >= 15 is 0 Å². The van der Waals surface area contributed by atoms with Gasteiger partial charge in [-0.15, -0.1) is 0 Å². The van der Waals surface area contributed by atoms with Crippen LogP contribution in [0.3, 0.4) is 0 Å². The lowest BCUT2D eigenvalue weighted by Crippen LogP contribution is -2.21. The van der Waals surface area contributed by atoms with Gasteiger partial charge in [-0.1, -0.05) is 0 Å². The van der Waals surface area contributed by atoms with Crippen LogP contribution in [0.1, 0.15) is 12.5 Å². The summed E-state index contributed by atoms with van der Waals surface area (Å²) in [6, 6.07) is 0. The average Bonchev–Trinajstić information content (AvgIpc) is 2.11. The van der Waals surface area contributed by atoms with Gasteiger partial charge >= 0.3 is 0 Å². The van der Waals surface area contributed by atoms with Gasteiger partial charge in [0, 0.05) is 26.2 Å². The standard InChI is InChI=1S/C9H17N5/c1-5-10-8-7(2)9(12-6-11-8)13-14(3)4/h6H,5H2,1-4H3,(H2,10,11,12,13). The van der Waals surface area contributed by atoms with Crippen molar-refractivity contribution in [2.45, 2.75) is 13.8 Å². The van der Waals surface area contributed by atoms with Gasteiger partial charge in [-0.3, -0.25) is 0 Å². The summed E-state index contributed by atoms with van der Waals surface area (Å²) in [7, 11) is 3.85. The van der Waals surface area contributed by atoms with Crippen LogP contribution < -0.4 is 10.7 Å².